The summed E-state index contributed by atoms with van der Waals surface area (Å²) in [6.07, 6.45) is 4.79. The summed E-state index contributed by atoms with van der Waals surface area (Å²) in [6, 6.07) is 13.8. The van der Waals surface area contributed by atoms with Crippen LogP contribution in [-0.2, 0) is 11.3 Å². The van der Waals surface area contributed by atoms with Crippen LogP contribution in [0.3, 0.4) is 0 Å². The third-order valence-corrected chi connectivity index (χ3v) is 5.18. The number of amides is 1. The van der Waals surface area contributed by atoms with E-state index in [0.717, 1.165) is 49.0 Å². The molecule has 1 aromatic carbocycles. The second-order valence-electron chi connectivity index (χ2n) is 7.31. The first kappa shape index (κ1) is 19.0. The highest BCUT2D eigenvalue weighted by Gasteiger charge is 2.25. The highest BCUT2D eigenvalue weighted by molar-refractivity contribution is 5.78. The van der Waals surface area contributed by atoms with E-state index in [1.165, 1.54) is 5.56 Å². The molecule has 0 radical (unpaired) electrons. The molecule has 1 aliphatic heterocycles. The number of rotatable bonds is 6. The Hall–Kier alpha value is -3.35. The zero-order chi connectivity index (χ0) is 20.1. The number of piperidine rings is 1. The van der Waals surface area contributed by atoms with Crippen molar-refractivity contribution >= 4 is 23.2 Å². The zero-order valence-electron chi connectivity index (χ0n) is 16.5. The standard InChI is InChI=1S/C22H25N5O2/c1-16-4-6-18(7-5-16)26-20-13-21(25-15-24-20)27-10-8-17(9-11-27)22(28)23-14-19-3-2-12-29-19/h2-7,12-13,15,17H,8-11,14H2,1H3,(H,23,28)(H,24,25,26). The van der Waals surface area contributed by atoms with Crippen molar-refractivity contribution in [1.82, 2.24) is 15.3 Å². The molecule has 1 amide bonds. The van der Waals surface area contributed by atoms with Crippen molar-refractivity contribution in [2.24, 2.45) is 5.92 Å². The molecule has 2 N–H and O–H groups in total. The first-order valence-electron chi connectivity index (χ1n) is 9.88. The van der Waals surface area contributed by atoms with Gasteiger partial charge in [0.05, 0.1) is 12.8 Å². The molecule has 1 saturated heterocycles. The Morgan fingerprint density at radius 1 is 1.17 bits per heavy atom. The average molecular weight is 391 g/mol. The molecule has 7 nitrogen and oxygen atoms in total. The molecule has 7 heteroatoms. The zero-order valence-corrected chi connectivity index (χ0v) is 16.5. The summed E-state index contributed by atoms with van der Waals surface area (Å²) in [5.74, 6) is 2.52. The molecule has 150 valence electrons. The molecule has 0 aliphatic carbocycles. The van der Waals surface area contributed by atoms with Crippen LogP contribution in [0, 0.1) is 12.8 Å². The molecular formula is C22H25N5O2. The average Bonchev–Trinajstić information content (AvgIpc) is 3.28. The van der Waals surface area contributed by atoms with Crippen molar-refractivity contribution in [3.05, 3.63) is 66.4 Å². The number of nitrogens with zero attached hydrogens (tertiary/aromatic N) is 3. The number of carbonyl (C=O) groups is 1. The van der Waals surface area contributed by atoms with Crippen molar-refractivity contribution in [2.75, 3.05) is 23.3 Å². The first-order chi connectivity index (χ1) is 14.2. The Bertz CT molecular complexity index is 932. The van der Waals surface area contributed by atoms with Gasteiger partial charge in [-0.3, -0.25) is 4.79 Å². The van der Waals surface area contributed by atoms with Gasteiger partial charge in [-0.2, -0.15) is 0 Å². The molecule has 1 fully saturated rings. The molecule has 0 unspecified atom stereocenters. The fourth-order valence-corrected chi connectivity index (χ4v) is 3.48. The summed E-state index contributed by atoms with van der Waals surface area (Å²) < 4.78 is 5.26. The molecule has 1 aliphatic rings. The van der Waals surface area contributed by atoms with Crippen molar-refractivity contribution in [3.8, 4) is 0 Å². The number of benzene rings is 1. The van der Waals surface area contributed by atoms with E-state index in [4.69, 9.17) is 4.42 Å². The van der Waals surface area contributed by atoms with Crippen LogP contribution in [-0.4, -0.2) is 29.0 Å². The molecule has 29 heavy (non-hydrogen) atoms. The van der Waals surface area contributed by atoms with Gasteiger partial charge in [0.15, 0.2) is 0 Å². The number of anilines is 3. The minimum absolute atomic E-state index is 0.0215. The maximum Gasteiger partial charge on any atom is 0.223 e. The van der Waals surface area contributed by atoms with Gasteiger partial charge in [0.2, 0.25) is 5.91 Å². The third kappa shape index (κ3) is 4.93. The van der Waals surface area contributed by atoms with E-state index in [2.05, 4.69) is 44.6 Å². The van der Waals surface area contributed by atoms with E-state index in [1.807, 2.05) is 30.3 Å². The number of furan rings is 1. The van der Waals surface area contributed by atoms with E-state index < -0.39 is 0 Å². The number of hydrogen-bond acceptors (Lipinski definition) is 6. The van der Waals surface area contributed by atoms with Gasteiger partial charge in [-0.15, -0.1) is 0 Å². The van der Waals surface area contributed by atoms with Crippen molar-refractivity contribution in [3.63, 3.8) is 0 Å². The van der Waals surface area contributed by atoms with E-state index in [9.17, 15) is 4.79 Å². The topological polar surface area (TPSA) is 83.3 Å². The summed E-state index contributed by atoms with van der Waals surface area (Å²) in [5, 5.41) is 6.28. The summed E-state index contributed by atoms with van der Waals surface area (Å²) >= 11 is 0. The molecule has 4 rings (SSSR count). The van der Waals surface area contributed by atoms with Crippen molar-refractivity contribution in [1.29, 1.82) is 0 Å². The fourth-order valence-electron chi connectivity index (χ4n) is 3.48. The Morgan fingerprint density at radius 3 is 2.69 bits per heavy atom. The van der Waals surface area contributed by atoms with Gasteiger partial charge in [-0.25, -0.2) is 9.97 Å². The second-order valence-corrected chi connectivity index (χ2v) is 7.31. The minimum Gasteiger partial charge on any atom is -0.467 e. The van der Waals surface area contributed by atoms with Gasteiger partial charge in [0, 0.05) is 30.8 Å². The van der Waals surface area contributed by atoms with Gasteiger partial charge in [-0.05, 0) is 44.0 Å². The predicted molar refractivity (Wildman–Crippen MR) is 112 cm³/mol. The maximum atomic E-state index is 12.4. The predicted octanol–water partition coefficient (Wildman–Crippen LogP) is 3.65. The van der Waals surface area contributed by atoms with Crippen molar-refractivity contribution < 1.29 is 9.21 Å². The number of aromatic nitrogens is 2. The van der Waals surface area contributed by atoms with E-state index in [0.29, 0.717) is 6.54 Å². The van der Waals surface area contributed by atoms with E-state index in [1.54, 1.807) is 12.6 Å². The largest absolute Gasteiger partial charge is 0.467 e. The Labute approximate surface area is 170 Å². The lowest BCUT2D eigenvalue weighted by Crippen LogP contribution is -2.40. The summed E-state index contributed by atoms with van der Waals surface area (Å²) in [5.41, 5.74) is 2.21. The lowest BCUT2D eigenvalue weighted by molar-refractivity contribution is -0.125. The number of aryl methyl sites for hydroxylation is 1. The van der Waals surface area contributed by atoms with Gasteiger partial charge >= 0.3 is 0 Å². The second kappa shape index (κ2) is 8.77. The van der Waals surface area contributed by atoms with Gasteiger partial charge in [-0.1, -0.05) is 17.7 Å². The third-order valence-electron chi connectivity index (χ3n) is 5.18. The van der Waals surface area contributed by atoms with Gasteiger partial charge in [0.1, 0.15) is 23.7 Å². The Morgan fingerprint density at radius 2 is 1.97 bits per heavy atom. The minimum atomic E-state index is 0.0215. The number of nitrogens with one attached hydrogen (secondary N) is 2. The van der Waals surface area contributed by atoms with E-state index >= 15 is 0 Å². The Balaban J connectivity index is 1.31. The molecule has 0 saturated carbocycles. The quantitative estimate of drug-likeness (QED) is 0.667. The molecule has 3 aromatic rings. The van der Waals surface area contributed by atoms with Gasteiger partial charge in [0.25, 0.3) is 0 Å². The van der Waals surface area contributed by atoms with Crippen LogP contribution in [0.4, 0.5) is 17.3 Å². The maximum absolute atomic E-state index is 12.4. The van der Waals surface area contributed by atoms with Crippen molar-refractivity contribution in [2.45, 2.75) is 26.3 Å². The van der Waals surface area contributed by atoms with Crippen LogP contribution in [0.5, 0.6) is 0 Å². The van der Waals surface area contributed by atoms with Crippen LogP contribution in [0.1, 0.15) is 24.2 Å². The lowest BCUT2D eigenvalue weighted by Gasteiger charge is -2.32. The highest BCUT2D eigenvalue weighted by atomic mass is 16.3. The molecular weight excluding hydrogens is 366 g/mol. The number of carbonyl (C=O) groups excluding carboxylic acids is 1. The lowest BCUT2D eigenvalue weighted by atomic mass is 9.96. The normalized spacial score (nSPS) is 14.6. The summed E-state index contributed by atoms with van der Waals surface area (Å²) in [6.45, 7) is 4.08. The monoisotopic (exact) mass is 391 g/mol. The summed E-state index contributed by atoms with van der Waals surface area (Å²) in [7, 11) is 0. The smallest absolute Gasteiger partial charge is 0.223 e. The molecule has 2 aromatic heterocycles. The van der Waals surface area contributed by atoms with Crippen LogP contribution in [0.15, 0.2) is 59.5 Å². The summed E-state index contributed by atoms with van der Waals surface area (Å²) in [4.78, 5) is 23.4. The molecule has 0 spiro atoms. The van der Waals surface area contributed by atoms with Crippen LogP contribution < -0.4 is 15.5 Å². The highest BCUT2D eigenvalue weighted by Crippen LogP contribution is 2.24. The van der Waals surface area contributed by atoms with Crippen LogP contribution >= 0.6 is 0 Å². The number of hydrogen-bond donors (Lipinski definition) is 2. The molecule has 0 bridgehead atoms. The SMILES string of the molecule is Cc1ccc(Nc2cc(N3CCC(C(=O)NCc4ccco4)CC3)ncn2)cc1. The Kier molecular flexibility index (Phi) is 5.74. The molecule has 3 heterocycles. The van der Waals surface area contributed by atoms with Crippen LogP contribution in [0.25, 0.3) is 0 Å². The van der Waals surface area contributed by atoms with Gasteiger partial charge < -0.3 is 20.0 Å². The first-order valence-corrected chi connectivity index (χ1v) is 9.88. The molecule has 0 atom stereocenters. The van der Waals surface area contributed by atoms with Crippen LogP contribution in [0.2, 0.25) is 0 Å². The van der Waals surface area contributed by atoms with E-state index in [-0.39, 0.29) is 11.8 Å². The fraction of sp³-hybridized carbons (Fsp3) is 0.318.